The number of nitrogens with zero attached hydrogens (tertiary/aromatic N) is 6. The summed E-state index contributed by atoms with van der Waals surface area (Å²) in [6.45, 7) is 2.66. The van der Waals surface area contributed by atoms with Crippen LogP contribution in [-0.2, 0) is 14.3 Å². The third-order valence-corrected chi connectivity index (χ3v) is 7.67. The highest BCUT2D eigenvalue weighted by molar-refractivity contribution is 6.33. The summed E-state index contributed by atoms with van der Waals surface area (Å²) in [5.74, 6) is -0.630. The molecule has 0 aliphatic carbocycles. The third-order valence-electron chi connectivity index (χ3n) is 7.35. The molecular formula is C30H25ClF2N6O4. The van der Waals surface area contributed by atoms with Gasteiger partial charge in [0.25, 0.3) is 5.91 Å². The predicted octanol–water partition coefficient (Wildman–Crippen LogP) is 5.61. The van der Waals surface area contributed by atoms with Crippen molar-refractivity contribution in [1.29, 1.82) is 0 Å². The van der Waals surface area contributed by atoms with Gasteiger partial charge in [-0.05, 0) is 37.6 Å². The van der Waals surface area contributed by atoms with E-state index in [1.54, 1.807) is 54.2 Å². The van der Waals surface area contributed by atoms with Crippen LogP contribution in [0.1, 0.15) is 25.2 Å². The molecule has 0 saturated carbocycles. The Morgan fingerprint density at radius 2 is 1.88 bits per heavy atom. The number of amides is 1. The van der Waals surface area contributed by atoms with Crippen molar-refractivity contribution in [1.82, 2.24) is 29.4 Å². The first-order chi connectivity index (χ1) is 20.7. The maximum Gasteiger partial charge on any atom is 0.321 e. The summed E-state index contributed by atoms with van der Waals surface area (Å²) in [6.07, 6.45) is 3.50. The molecule has 220 valence electrons. The van der Waals surface area contributed by atoms with Crippen molar-refractivity contribution in [2.75, 3.05) is 19.7 Å². The van der Waals surface area contributed by atoms with Crippen molar-refractivity contribution in [3.63, 3.8) is 0 Å². The van der Waals surface area contributed by atoms with Crippen molar-refractivity contribution >= 4 is 45.4 Å². The zero-order valence-electron chi connectivity index (χ0n) is 23.1. The molecule has 6 rings (SSSR count). The lowest BCUT2D eigenvalue weighted by Gasteiger charge is -2.36. The Balaban J connectivity index is 1.36. The Morgan fingerprint density at radius 1 is 1.09 bits per heavy atom. The number of hydrogen-bond acceptors (Lipinski definition) is 8. The minimum atomic E-state index is -1.43. The number of benzene rings is 2. The highest BCUT2D eigenvalue weighted by atomic mass is 35.5. The molecule has 43 heavy (non-hydrogen) atoms. The molecule has 0 radical (unpaired) electrons. The molecule has 2 atom stereocenters. The topological polar surface area (TPSA) is 112 Å². The first-order valence-corrected chi connectivity index (χ1v) is 13.8. The van der Waals surface area contributed by atoms with Crippen LogP contribution in [0.15, 0.2) is 55.0 Å². The van der Waals surface area contributed by atoms with Crippen LogP contribution in [0.4, 0.5) is 8.78 Å². The molecule has 0 N–H and O–H groups in total. The van der Waals surface area contributed by atoms with Crippen molar-refractivity contribution < 1.29 is 27.8 Å². The van der Waals surface area contributed by atoms with Gasteiger partial charge >= 0.3 is 12.0 Å². The fourth-order valence-electron chi connectivity index (χ4n) is 5.41. The molecule has 3 aromatic heterocycles. The standard InChI is InChI=1S/C30H25ClF2N6O4/c1-16-37-26-13-36-25-12-23(32)20(19-5-4-18(10-22(19)31)43-30-34-7-3-8-35-30)11-21(25)29(26)39(16)27-6-9-38(14-24(27)33)28(41)15-42-17(2)40/h3-5,7-8,10-13,24,27H,6,9,14-15H2,1-2H3/t24-,27-/m0/s1. The van der Waals surface area contributed by atoms with E-state index in [1.807, 2.05) is 0 Å². The molecule has 2 aromatic carbocycles. The lowest BCUT2D eigenvalue weighted by atomic mass is 10.00. The van der Waals surface area contributed by atoms with E-state index in [0.29, 0.717) is 45.5 Å². The van der Waals surface area contributed by atoms with Crippen molar-refractivity contribution in [2.24, 2.45) is 0 Å². The smallest absolute Gasteiger partial charge is 0.321 e. The zero-order valence-corrected chi connectivity index (χ0v) is 23.9. The maximum atomic E-state index is 15.7. The van der Waals surface area contributed by atoms with E-state index < -0.39 is 36.5 Å². The number of imidazole rings is 1. The molecule has 1 fully saturated rings. The van der Waals surface area contributed by atoms with Crippen LogP contribution in [0, 0.1) is 12.7 Å². The zero-order chi connectivity index (χ0) is 30.2. The van der Waals surface area contributed by atoms with Crippen LogP contribution in [0.25, 0.3) is 33.1 Å². The van der Waals surface area contributed by atoms with Crippen LogP contribution in [-0.4, -0.2) is 67.1 Å². The van der Waals surface area contributed by atoms with Gasteiger partial charge in [-0.15, -0.1) is 0 Å². The van der Waals surface area contributed by atoms with Gasteiger partial charge in [0.05, 0.1) is 34.8 Å². The molecule has 0 unspecified atom stereocenters. The molecule has 1 amide bonds. The number of alkyl halides is 1. The number of fused-ring (bicyclic) bond motifs is 3. The van der Waals surface area contributed by atoms with Gasteiger partial charge in [0.2, 0.25) is 0 Å². The lowest BCUT2D eigenvalue weighted by Crippen LogP contribution is -2.47. The summed E-state index contributed by atoms with van der Waals surface area (Å²) in [5.41, 5.74) is 2.15. The molecule has 13 heteroatoms. The summed E-state index contributed by atoms with van der Waals surface area (Å²) >= 11 is 6.60. The summed E-state index contributed by atoms with van der Waals surface area (Å²) < 4.78 is 43.4. The number of halogens is 3. The lowest BCUT2D eigenvalue weighted by molar-refractivity contribution is -0.151. The van der Waals surface area contributed by atoms with Crippen LogP contribution in [0.2, 0.25) is 5.02 Å². The van der Waals surface area contributed by atoms with E-state index in [0.717, 1.165) is 0 Å². The van der Waals surface area contributed by atoms with Gasteiger partial charge in [0.1, 0.15) is 29.1 Å². The molecule has 0 bridgehead atoms. The first-order valence-electron chi connectivity index (χ1n) is 13.5. The van der Waals surface area contributed by atoms with E-state index in [-0.39, 0.29) is 29.7 Å². The highest BCUT2D eigenvalue weighted by Gasteiger charge is 2.35. The number of carbonyl (C=O) groups excluding carboxylic acids is 2. The average Bonchev–Trinajstić information content (AvgIpc) is 3.32. The Kier molecular flexibility index (Phi) is 7.61. The molecule has 4 heterocycles. The van der Waals surface area contributed by atoms with Gasteiger partial charge in [-0.3, -0.25) is 14.6 Å². The molecule has 1 aliphatic rings. The van der Waals surface area contributed by atoms with Gasteiger partial charge in [-0.2, -0.15) is 0 Å². The minimum absolute atomic E-state index is 0.145. The SMILES string of the molecule is CC(=O)OCC(=O)N1CC[C@H](n2c(C)nc3cnc4cc(F)c(-c5ccc(Oc6ncccn6)cc5Cl)cc4c32)[C@@H](F)C1. The molecule has 5 aromatic rings. The fourth-order valence-corrected chi connectivity index (χ4v) is 5.68. The number of ether oxygens (including phenoxy) is 2. The second kappa shape index (κ2) is 11.5. The summed E-state index contributed by atoms with van der Waals surface area (Å²) in [7, 11) is 0. The van der Waals surface area contributed by atoms with Gasteiger partial charge in [0, 0.05) is 54.5 Å². The highest BCUT2D eigenvalue weighted by Crippen LogP contribution is 2.39. The predicted molar refractivity (Wildman–Crippen MR) is 154 cm³/mol. The van der Waals surface area contributed by atoms with Crippen LogP contribution in [0.3, 0.4) is 0 Å². The number of piperidine rings is 1. The van der Waals surface area contributed by atoms with Gasteiger partial charge < -0.3 is 18.9 Å². The number of esters is 1. The van der Waals surface area contributed by atoms with Crippen LogP contribution < -0.4 is 4.74 Å². The number of likely N-dealkylation sites (tertiary alicyclic amines) is 1. The summed E-state index contributed by atoms with van der Waals surface area (Å²) in [4.78, 5) is 41.9. The average molecular weight is 607 g/mol. The van der Waals surface area contributed by atoms with E-state index in [1.165, 1.54) is 24.1 Å². The number of rotatable bonds is 6. The van der Waals surface area contributed by atoms with Gasteiger partial charge in [-0.25, -0.2) is 23.7 Å². The second-order valence-electron chi connectivity index (χ2n) is 10.1. The maximum absolute atomic E-state index is 15.7. The van der Waals surface area contributed by atoms with Gasteiger partial charge in [-0.1, -0.05) is 11.6 Å². The normalized spacial score (nSPS) is 16.9. The second-order valence-corrected chi connectivity index (χ2v) is 10.5. The van der Waals surface area contributed by atoms with E-state index in [9.17, 15) is 9.59 Å². The quantitative estimate of drug-likeness (QED) is 0.229. The number of pyridine rings is 1. The van der Waals surface area contributed by atoms with Crippen molar-refractivity contribution in [3.05, 3.63) is 71.7 Å². The van der Waals surface area contributed by atoms with Crippen molar-refractivity contribution in [2.45, 2.75) is 32.5 Å². The number of aryl methyl sites for hydroxylation is 1. The van der Waals surface area contributed by atoms with Gasteiger partial charge in [0.15, 0.2) is 6.61 Å². The van der Waals surface area contributed by atoms with Crippen LogP contribution in [0.5, 0.6) is 11.8 Å². The Morgan fingerprint density at radius 3 is 2.60 bits per heavy atom. The monoisotopic (exact) mass is 606 g/mol. The number of hydrogen-bond donors (Lipinski definition) is 0. The number of carbonyl (C=O) groups is 2. The molecular weight excluding hydrogens is 582 g/mol. The fraction of sp³-hybridized carbons (Fsp3) is 0.267. The largest absolute Gasteiger partial charge is 0.456 e. The molecule has 1 aliphatic heterocycles. The summed E-state index contributed by atoms with van der Waals surface area (Å²) in [5, 5.41) is 0.815. The molecule has 10 nitrogen and oxygen atoms in total. The van der Waals surface area contributed by atoms with E-state index in [2.05, 4.69) is 19.9 Å². The van der Waals surface area contributed by atoms with E-state index in [4.69, 9.17) is 21.1 Å². The van der Waals surface area contributed by atoms with Crippen molar-refractivity contribution in [3.8, 4) is 22.9 Å². The van der Waals surface area contributed by atoms with E-state index >= 15 is 8.78 Å². The van der Waals surface area contributed by atoms with Crippen LogP contribution >= 0.6 is 11.6 Å². The Labute approximate surface area is 249 Å². The molecule has 1 saturated heterocycles. The minimum Gasteiger partial charge on any atom is -0.456 e. The molecule has 0 spiro atoms. The third kappa shape index (κ3) is 5.57. The Bertz CT molecular complexity index is 1870. The Hall–Kier alpha value is -4.71. The first kappa shape index (κ1) is 28.4. The summed E-state index contributed by atoms with van der Waals surface area (Å²) in [6, 6.07) is 8.96. The number of aromatic nitrogens is 5.